The average molecular weight is 292 g/mol. The molecule has 2 amide bonds. The van der Waals surface area contributed by atoms with Gasteiger partial charge in [0, 0.05) is 6.54 Å². The maximum atomic E-state index is 11.6. The second-order valence-electron chi connectivity index (χ2n) is 5.88. The molecule has 1 aromatic rings. The number of urea groups is 1. The van der Waals surface area contributed by atoms with Gasteiger partial charge in [0.2, 0.25) is 0 Å². The zero-order valence-electron chi connectivity index (χ0n) is 12.7. The zero-order valence-corrected chi connectivity index (χ0v) is 12.7. The Hall–Kier alpha value is -1.75. The van der Waals surface area contributed by atoms with E-state index in [0.717, 1.165) is 25.0 Å². The van der Waals surface area contributed by atoms with Gasteiger partial charge in [-0.15, -0.1) is 0 Å². The molecule has 0 aliphatic heterocycles. The zero-order chi connectivity index (χ0) is 15.3. The van der Waals surface area contributed by atoms with Gasteiger partial charge in [-0.2, -0.15) is 0 Å². The molecular formula is C16H24N2O3. The lowest BCUT2D eigenvalue weighted by molar-refractivity contribution is -0.0290. The highest BCUT2D eigenvalue weighted by Gasteiger charge is 2.34. The minimum atomic E-state index is -0.693. The maximum Gasteiger partial charge on any atom is 0.315 e. The quantitative estimate of drug-likeness (QED) is 0.751. The van der Waals surface area contributed by atoms with E-state index in [4.69, 9.17) is 4.74 Å². The lowest BCUT2D eigenvalue weighted by atomic mass is 9.80. The second-order valence-corrected chi connectivity index (χ2v) is 5.88. The summed E-state index contributed by atoms with van der Waals surface area (Å²) in [6, 6.07) is 7.54. The van der Waals surface area contributed by atoms with Crippen LogP contribution in [-0.2, 0) is 0 Å². The third-order valence-electron chi connectivity index (χ3n) is 3.77. The number of hydrogen-bond donors (Lipinski definition) is 3. The monoisotopic (exact) mass is 292 g/mol. The van der Waals surface area contributed by atoms with Crippen molar-refractivity contribution in [2.45, 2.75) is 44.8 Å². The standard InChI is InChI=1S/C16H24N2O3/c1-12-4-6-14(7-5-12)21-13(2)10-17-15(19)18-11-16(20)8-3-9-16/h4-7,13,20H,3,8-11H2,1-2H3,(H2,17,18,19). The van der Waals surface area contributed by atoms with Crippen molar-refractivity contribution >= 4 is 6.03 Å². The fourth-order valence-electron chi connectivity index (χ4n) is 2.20. The van der Waals surface area contributed by atoms with Crippen LogP contribution in [-0.4, -0.2) is 35.9 Å². The lowest BCUT2D eigenvalue weighted by Gasteiger charge is -2.36. The molecule has 116 valence electrons. The molecule has 0 heterocycles. The third-order valence-corrected chi connectivity index (χ3v) is 3.77. The Balaban J connectivity index is 1.64. The van der Waals surface area contributed by atoms with Gasteiger partial charge in [-0.1, -0.05) is 17.7 Å². The van der Waals surface area contributed by atoms with Crippen LogP contribution in [0.15, 0.2) is 24.3 Å². The van der Waals surface area contributed by atoms with E-state index in [9.17, 15) is 9.90 Å². The van der Waals surface area contributed by atoms with Crippen molar-refractivity contribution in [3.8, 4) is 5.75 Å². The summed E-state index contributed by atoms with van der Waals surface area (Å²) in [6.07, 6.45) is 2.44. The Bertz CT molecular complexity index is 469. The number of aryl methyl sites for hydroxylation is 1. The van der Waals surface area contributed by atoms with Crippen LogP contribution in [0, 0.1) is 6.92 Å². The van der Waals surface area contributed by atoms with Crippen LogP contribution in [0.25, 0.3) is 0 Å². The number of aliphatic hydroxyl groups is 1. The van der Waals surface area contributed by atoms with E-state index >= 15 is 0 Å². The topological polar surface area (TPSA) is 70.6 Å². The highest BCUT2D eigenvalue weighted by molar-refractivity contribution is 5.73. The van der Waals surface area contributed by atoms with Crippen molar-refractivity contribution in [3.63, 3.8) is 0 Å². The first-order chi connectivity index (χ1) is 9.97. The average Bonchev–Trinajstić information content (AvgIpc) is 2.43. The number of hydrogen-bond acceptors (Lipinski definition) is 3. The molecule has 1 unspecified atom stereocenters. The van der Waals surface area contributed by atoms with Crippen molar-refractivity contribution in [2.75, 3.05) is 13.1 Å². The minimum absolute atomic E-state index is 0.120. The van der Waals surface area contributed by atoms with Gasteiger partial charge in [-0.25, -0.2) is 4.79 Å². The van der Waals surface area contributed by atoms with Crippen molar-refractivity contribution < 1.29 is 14.6 Å². The van der Waals surface area contributed by atoms with E-state index in [1.165, 1.54) is 5.56 Å². The summed E-state index contributed by atoms with van der Waals surface area (Å²) in [5.41, 5.74) is 0.489. The van der Waals surface area contributed by atoms with E-state index < -0.39 is 5.60 Å². The Kier molecular flexibility index (Phi) is 5.07. The van der Waals surface area contributed by atoms with E-state index in [-0.39, 0.29) is 12.1 Å². The molecule has 0 spiro atoms. The third kappa shape index (κ3) is 4.93. The van der Waals surface area contributed by atoms with Crippen LogP contribution in [0.2, 0.25) is 0 Å². The molecule has 0 radical (unpaired) electrons. The normalized spacial score (nSPS) is 17.5. The van der Waals surface area contributed by atoms with Gasteiger partial charge < -0.3 is 20.5 Å². The van der Waals surface area contributed by atoms with Crippen LogP contribution in [0.3, 0.4) is 0 Å². The molecule has 21 heavy (non-hydrogen) atoms. The van der Waals surface area contributed by atoms with Crippen LogP contribution >= 0.6 is 0 Å². The molecular weight excluding hydrogens is 268 g/mol. The van der Waals surface area contributed by atoms with Crippen molar-refractivity contribution in [3.05, 3.63) is 29.8 Å². The summed E-state index contributed by atoms with van der Waals surface area (Å²) < 4.78 is 5.71. The Morgan fingerprint density at radius 3 is 2.57 bits per heavy atom. The Labute approximate surface area is 125 Å². The molecule has 1 aliphatic carbocycles. The van der Waals surface area contributed by atoms with E-state index in [1.54, 1.807) is 0 Å². The fraction of sp³-hybridized carbons (Fsp3) is 0.562. The summed E-state index contributed by atoms with van der Waals surface area (Å²) in [5, 5.41) is 15.3. The first kappa shape index (κ1) is 15.6. The Morgan fingerprint density at radius 1 is 1.33 bits per heavy atom. The number of amides is 2. The van der Waals surface area contributed by atoms with Gasteiger partial charge >= 0.3 is 6.03 Å². The van der Waals surface area contributed by atoms with Crippen molar-refractivity contribution in [1.82, 2.24) is 10.6 Å². The number of carbonyl (C=O) groups excluding carboxylic acids is 1. The summed E-state index contributed by atoms with van der Waals surface area (Å²) in [6.45, 7) is 4.65. The first-order valence-electron chi connectivity index (χ1n) is 7.44. The summed E-state index contributed by atoms with van der Waals surface area (Å²) in [4.78, 5) is 11.6. The van der Waals surface area contributed by atoms with Crippen LogP contribution in [0.1, 0.15) is 31.7 Å². The molecule has 2 rings (SSSR count). The molecule has 1 saturated carbocycles. The molecule has 5 nitrogen and oxygen atoms in total. The van der Waals surface area contributed by atoms with Gasteiger partial charge in [0.05, 0.1) is 12.1 Å². The predicted octanol–water partition coefficient (Wildman–Crippen LogP) is 1.98. The van der Waals surface area contributed by atoms with E-state index in [2.05, 4.69) is 10.6 Å². The van der Waals surface area contributed by atoms with E-state index in [0.29, 0.717) is 13.1 Å². The van der Waals surface area contributed by atoms with Crippen LogP contribution in [0.5, 0.6) is 5.75 Å². The number of carbonyl (C=O) groups is 1. The maximum absolute atomic E-state index is 11.6. The van der Waals surface area contributed by atoms with Gasteiger partial charge in [-0.05, 0) is 45.2 Å². The molecule has 1 aliphatic rings. The largest absolute Gasteiger partial charge is 0.489 e. The second kappa shape index (κ2) is 6.80. The molecule has 1 aromatic carbocycles. The summed E-state index contributed by atoms with van der Waals surface area (Å²) in [7, 11) is 0. The van der Waals surface area contributed by atoms with Crippen LogP contribution in [0.4, 0.5) is 4.79 Å². The molecule has 0 aromatic heterocycles. The number of benzene rings is 1. The lowest BCUT2D eigenvalue weighted by Crippen LogP contribution is -2.50. The van der Waals surface area contributed by atoms with Gasteiger partial charge in [0.25, 0.3) is 0 Å². The molecule has 0 bridgehead atoms. The predicted molar refractivity (Wildman–Crippen MR) is 81.5 cm³/mol. The number of rotatable bonds is 6. The smallest absolute Gasteiger partial charge is 0.315 e. The molecule has 5 heteroatoms. The Morgan fingerprint density at radius 2 is 2.00 bits per heavy atom. The molecule has 1 atom stereocenters. The van der Waals surface area contributed by atoms with Gasteiger partial charge in [0.15, 0.2) is 0 Å². The highest BCUT2D eigenvalue weighted by Crippen LogP contribution is 2.30. The summed E-state index contributed by atoms with van der Waals surface area (Å²) in [5.74, 6) is 0.791. The van der Waals surface area contributed by atoms with Crippen molar-refractivity contribution in [1.29, 1.82) is 0 Å². The molecule has 0 saturated heterocycles. The number of nitrogens with one attached hydrogen (secondary N) is 2. The van der Waals surface area contributed by atoms with E-state index in [1.807, 2.05) is 38.1 Å². The van der Waals surface area contributed by atoms with Gasteiger partial charge in [-0.3, -0.25) is 0 Å². The van der Waals surface area contributed by atoms with Gasteiger partial charge in [0.1, 0.15) is 11.9 Å². The molecule has 1 fully saturated rings. The van der Waals surface area contributed by atoms with Crippen LogP contribution < -0.4 is 15.4 Å². The first-order valence-corrected chi connectivity index (χ1v) is 7.44. The summed E-state index contributed by atoms with van der Waals surface area (Å²) >= 11 is 0. The van der Waals surface area contributed by atoms with Crippen molar-refractivity contribution in [2.24, 2.45) is 0 Å². The SMILES string of the molecule is Cc1ccc(OC(C)CNC(=O)NCC2(O)CCC2)cc1. The number of ether oxygens (including phenoxy) is 1. The molecule has 3 N–H and O–H groups in total. The fourth-order valence-corrected chi connectivity index (χ4v) is 2.20. The minimum Gasteiger partial charge on any atom is -0.489 e. The highest BCUT2D eigenvalue weighted by atomic mass is 16.5.